The van der Waals surface area contributed by atoms with E-state index in [1.54, 1.807) is 7.11 Å². The number of nitrogens with zero attached hydrogens (tertiary/aromatic N) is 3. The zero-order valence-electron chi connectivity index (χ0n) is 22.5. The quantitative estimate of drug-likeness (QED) is 0.195. The fraction of sp³-hybridized carbons (Fsp3) is 0.533. The Balaban J connectivity index is 1.85. The Labute approximate surface area is 218 Å². The molecule has 2 aromatic carbocycles. The molecule has 0 aliphatic carbocycles. The lowest BCUT2D eigenvalue weighted by atomic mass is 10.1. The fourth-order valence-corrected chi connectivity index (χ4v) is 4.32. The lowest BCUT2D eigenvalue weighted by Gasteiger charge is -2.24. The highest BCUT2D eigenvalue weighted by molar-refractivity contribution is 5.79. The normalized spacial score (nSPS) is 11.6. The van der Waals surface area contributed by atoms with Crippen LogP contribution in [0.15, 0.2) is 53.5 Å². The third-order valence-corrected chi connectivity index (χ3v) is 6.20. The first-order chi connectivity index (χ1) is 17.5. The molecule has 0 heterocycles. The molecule has 2 rings (SSSR count). The van der Waals surface area contributed by atoms with Crippen molar-refractivity contribution in [3.05, 3.63) is 65.2 Å². The Morgan fingerprint density at radius 2 is 1.42 bits per heavy atom. The van der Waals surface area contributed by atoms with Gasteiger partial charge in [0.15, 0.2) is 0 Å². The molecule has 0 radical (unpaired) electrons. The highest BCUT2D eigenvalue weighted by Crippen LogP contribution is 2.12. The van der Waals surface area contributed by atoms with E-state index in [-0.39, 0.29) is 6.42 Å². The van der Waals surface area contributed by atoms with Crippen molar-refractivity contribution in [3.63, 3.8) is 0 Å². The third kappa shape index (κ3) is 12.3. The first-order valence-electron chi connectivity index (χ1n) is 13.4. The molecule has 0 aromatic heterocycles. The van der Waals surface area contributed by atoms with Crippen LogP contribution in [0.4, 0.5) is 0 Å². The molecule has 1 N–H and O–H groups in total. The van der Waals surface area contributed by atoms with Crippen LogP contribution in [-0.4, -0.2) is 66.9 Å². The van der Waals surface area contributed by atoms with E-state index in [0.29, 0.717) is 13.0 Å². The van der Waals surface area contributed by atoms with Crippen LogP contribution in [0.5, 0.6) is 5.75 Å². The van der Waals surface area contributed by atoms with Gasteiger partial charge in [-0.3, -0.25) is 14.7 Å². The molecule has 0 aliphatic heterocycles. The summed E-state index contributed by atoms with van der Waals surface area (Å²) in [5.74, 6) is 0.124. The maximum absolute atomic E-state index is 11.0. The molecule has 0 aliphatic rings. The topological polar surface area (TPSA) is 65.4 Å². The van der Waals surface area contributed by atoms with E-state index in [0.717, 1.165) is 43.9 Å². The standard InChI is InChI=1S/C30H45N3O3/c1-4-18-32(19-5-2)20-6-7-21-33(22-8-9-30(34)35)25-28-12-10-26(11-13-28)23-31-24-27-14-16-29(36-3)17-15-27/h10-17,24H,4-9,18-23,25H2,1-3H3,(H,34,35). The van der Waals surface area contributed by atoms with Crippen LogP contribution < -0.4 is 4.74 Å². The minimum Gasteiger partial charge on any atom is -0.497 e. The fourth-order valence-electron chi connectivity index (χ4n) is 4.32. The molecule has 0 amide bonds. The molecule has 0 bridgehead atoms. The van der Waals surface area contributed by atoms with Gasteiger partial charge in [0.25, 0.3) is 0 Å². The monoisotopic (exact) mass is 495 g/mol. The van der Waals surface area contributed by atoms with Crippen LogP contribution in [0.2, 0.25) is 0 Å². The minimum absolute atomic E-state index is 0.225. The number of carboxylic acid groups (broad SMARTS) is 1. The number of benzene rings is 2. The summed E-state index contributed by atoms with van der Waals surface area (Å²) in [6.07, 6.45) is 7.51. The predicted octanol–water partition coefficient (Wildman–Crippen LogP) is 5.88. The van der Waals surface area contributed by atoms with Crippen molar-refractivity contribution < 1.29 is 14.6 Å². The highest BCUT2D eigenvalue weighted by Gasteiger charge is 2.09. The van der Waals surface area contributed by atoms with Gasteiger partial charge in [0, 0.05) is 19.2 Å². The molecule has 0 spiro atoms. The van der Waals surface area contributed by atoms with Crippen molar-refractivity contribution in [1.29, 1.82) is 0 Å². The van der Waals surface area contributed by atoms with Gasteiger partial charge in [-0.1, -0.05) is 38.1 Å². The van der Waals surface area contributed by atoms with Gasteiger partial charge in [-0.15, -0.1) is 0 Å². The van der Waals surface area contributed by atoms with Gasteiger partial charge in [-0.25, -0.2) is 0 Å². The van der Waals surface area contributed by atoms with E-state index in [4.69, 9.17) is 9.84 Å². The summed E-state index contributed by atoms with van der Waals surface area (Å²) in [6.45, 7) is 11.3. The van der Waals surface area contributed by atoms with Crippen LogP contribution in [-0.2, 0) is 17.9 Å². The summed E-state index contributed by atoms with van der Waals surface area (Å²) >= 11 is 0. The lowest BCUT2D eigenvalue weighted by Crippen LogP contribution is -2.29. The Bertz CT molecular complexity index is 875. The van der Waals surface area contributed by atoms with Crippen molar-refractivity contribution in [2.75, 3.05) is 39.8 Å². The number of hydrogen-bond donors (Lipinski definition) is 1. The number of hydrogen-bond acceptors (Lipinski definition) is 5. The largest absolute Gasteiger partial charge is 0.497 e. The number of methoxy groups -OCH3 is 1. The van der Waals surface area contributed by atoms with Crippen LogP contribution in [0.25, 0.3) is 0 Å². The van der Waals surface area contributed by atoms with Crippen molar-refractivity contribution in [2.45, 2.75) is 65.5 Å². The van der Waals surface area contributed by atoms with E-state index in [1.165, 1.54) is 43.5 Å². The highest BCUT2D eigenvalue weighted by atomic mass is 16.5. The molecular formula is C30H45N3O3. The van der Waals surface area contributed by atoms with Gasteiger partial charge in [-0.05, 0) is 106 Å². The van der Waals surface area contributed by atoms with E-state index in [9.17, 15) is 4.79 Å². The molecular weight excluding hydrogens is 450 g/mol. The second kappa shape index (κ2) is 17.7. The number of unbranched alkanes of at least 4 members (excludes halogenated alkanes) is 1. The average Bonchev–Trinajstić information content (AvgIpc) is 2.88. The maximum Gasteiger partial charge on any atom is 0.303 e. The number of rotatable bonds is 19. The van der Waals surface area contributed by atoms with Crippen LogP contribution in [0.1, 0.15) is 69.1 Å². The zero-order chi connectivity index (χ0) is 26.0. The molecule has 0 saturated carbocycles. The summed E-state index contributed by atoms with van der Waals surface area (Å²) in [5.41, 5.74) is 3.48. The zero-order valence-corrected chi connectivity index (χ0v) is 22.5. The van der Waals surface area contributed by atoms with E-state index >= 15 is 0 Å². The molecule has 2 aromatic rings. The number of carbonyl (C=O) groups is 1. The molecule has 36 heavy (non-hydrogen) atoms. The summed E-state index contributed by atoms with van der Waals surface area (Å²) in [6, 6.07) is 16.5. The average molecular weight is 496 g/mol. The van der Waals surface area contributed by atoms with Gasteiger partial charge in [0.2, 0.25) is 0 Å². The SMILES string of the molecule is CCCN(CCC)CCCCN(CCCC(=O)O)Cc1ccc(CN=Cc2ccc(OC)cc2)cc1. The summed E-state index contributed by atoms with van der Waals surface area (Å²) in [7, 11) is 1.66. The molecule has 0 unspecified atom stereocenters. The second-order valence-electron chi connectivity index (χ2n) is 9.38. The van der Waals surface area contributed by atoms with Gasteiger partial charge in [0.1, 0.15) is 5.75 Å². The predicted molar refractivity (Wildman–Crippen MR) is 149 cm³/mol. The Hall–Kier alpha value is -2.70. The first kappa shape index (κ1) is 29.5. The Morgan fingerprint density at radius 1 is 0.833 bits per heavy atom. The third-order valence-electron chi connectivity index (χ3n) is 6.20. The summed E-state index contributed by atoms with van der Waals surface area (Å²) in [5, 5.41) is 9.05. The van der Waals surface area contributed by atoms with E-state index in [2.05, 4.69) is 52.9 Å². The Morgan fingerprint density at radius 3 is 2.00 bits per heavy atom. The van der Waals surface area contributed by atoms with Crippen molar-refractivity contribution in [3.8, 4) is 5.75 Å². The van der Waals surface area contributed by atoms with Gasteiger partial charge in [-0.2, -0.15) is 0 Å². The van der Waals surface area contributed by atoms with E-state index < -0.39 is 5.97 Å². The van der Waals surface area contributed by atoms with Crippen molar-refractivity contribution in [2.24, 2.45) is 4.99 Å². The van der Waals surface area contributed by atoms with E-state index in [1.807, 2.05) is 30.5 Å². The lowest BCUT2D eigenvalue weighted by molar-refractivity contribution is -0.137. The first-order valence-corrected chi connectivity index (χ1v) is 13.4. The minimum atomic E-state index is -0.718. The molecule has 0 fully saturated rings. The molecule has 0 atom stereocenters. The maximum atomic E-state index is 11.0. The van der Waals surface area contributed by atoms with Gasteiger partial charge >= 0.3 is 5.97 Å². The van der Waals surface area contributed by atoms with Crippen molar-refractivity contribution in [1.82, 2.24) is 9.80 Å². The van der Waals surface area contributed by atoms with Crippen LogP contribution in [0, 0.1) is 0 Å². The molecule has 198 valence electrons. The molecule has 6 heteroatoms. The van der Waals surface area contributed by atoms with Gasteiger partial charge < -0.3 is 14.7 Å². The number of aliphatic imine (C=N–C) groups is 1. The van der Waals surface area contributed by atoms with Crippen LogP contribution in [0.3, 0.4) is 0 Å². The smallest absolute Gasteiger partial charge is 0.303 e. The molecule has 6 nitrogen and oxygen atoms in total. The van der Waals surface area contributed by atoms with Crippen LogP contribution >= 0.6 is 0 Å². The summed E-state index contributed by atoms with van der Waals surface area (Å²) < 4.78 is 5.19. The number of ether oxygens (including phenoxy) is 1. The van der Waals surface area contributed by atoms with Gasteiger partial charge in [0.05, 0.1) is 13.7 Å². The van der Waals surface area contributed by atoms with Crippen molar-refractivity contribution >= 4 is 12.2 Å². The number of carboxylic acids is 1. The molecule has 0 saturated heterocycles. The summed E-state index contributed by atoms with van der Waals surface area (Å²) in [4.78, 5) is 20.5. The number of aliphatic carboxylic acids is 1. The second-order valence-corrected chi connectivity index (χ2v) is 9.38. The Kier molecular flexibility index (Phi) is 14.5.